The number of rotatable bonds is 2. The Hall–Kier alpha value is -1.65. The molecule has 1 aromatic carbocycles. The van der Waals surface area contributed by atoms with Crippen molar-refractivity contribution in [1.29, 1.82) is 0 Å². The molecule has 0 saturated heterocycles. The van der Waals surface area contributed by atoms with Gasteiger partial charge in [0, 0.05) is 0 Å². The van der Waals surface area contributed by atoms with Gasteiger partial charge in [0.25, 0.3) is 0 Å². The van der Waals surface area contributed by atoms with E-state index in [1.165, 1.54) is 5.56 Å². The first kappa shape index (κ1) is 16.8. The topological polar surface area (TPSA) is 83.5 Å². The largest absolute Gasteiger partial charge is 0.480 e. The smallest absolute Gasteiger partial charge is 0.317 e. The molecule has 0 bridgehead atoms. The van der Waals surface area contributed by atoms with Crippen molar-refractivity contribution in [1.82, 2.24) is 0 Å². The van der Waals surface area contributed by atoms with E-state index in [0.29, 0.717) is 0 Å². The fourth-order valence-electron chi connectivity index (χ4n) is 0.693. The number of hydrogen-bond acceptors (Lipinski definition) is 3. The Balaban J connectivity index is 0. The number of aryl methyl sites for hydroxylation is 1. The highest BCUT2D eigenvalue weighted by Gasteiger charge is 1.85. The van der Waals surface area contributed by atoms with Crippen LogP contribution >= 0.6 is 0 Å². The molecule has 1 rings (SSSR count). The van der Waals surface area contributed by atoms with Crippen molar-refractivity contribution in [2.45, 2.75) is 13.5 Å². The molecule has 4 N–H and O–H groups in total. The molecule has 0 radical (unpaired) electrons. The maximum Gasteiger partial charge on any atom is 0.317 e. The summed E-state index contributed by atoms with van der Waals surface area (Å²) in [5, 5.41) is 16.2. The lowest BCUT2D eigenvalue weighted by Gasteiger charge is -1.93. The number of hydrogen-bond donors (Lipinski definition) is 3. The minimum atomic E-state index is -0.968. The molecule has 16 heavy (non-hydrogen) atoms. The van der Waals surface area contributed by atoms with Gasteiger partial charge < -0.3 is 15.9 Å². The summed E-state index contributed by atoms with van der Waals surface area (Å²) >= 11 is 0. The SMILES string of the molecule is C=C.Cc1ccc(CO)cc1.NCC(=O)O. The van der Waals surface area contributed by atoms with Crippen LogP contribution in [0, 0.1) is 6.92 Å². The van der Waals surface area contributed by atoms with Gasteiger partial charge in [-0.05, 0) is 12.5 Å². The van der Waals surface area contributed by atoms with Crippen molar-refractivity contribution >= 4 is 5.97 Å². The van der Waals surface area contributed by atoms with Crippen LogP contribution < -0.4 is 5.73 Å². The molecule has 0 aliphatic rings. The molecular formula is C12H19NO3. The first-order chi connectivity index (χ1) is 7.60. The molecule has 0 unspecified atom stereocenters. The van der Waals surface area contributed by atoms with Crippen LogP contribution in [0.15, 0.2) is 37.4 Å². The maximum atomic E-state index is 9.24. The minimum absolute atomic E-state index is 0.139. The molecule has 1 aromatic rings. The van der Waals surface area contributed by atoms with Crippen LogP contribution in [0.4, 0.5) is 0 Å². The average Bonchev–Trinajstić information content (AvgIpc) is 2.33. The van der Waals surface area contributed by atoms with Gasteiger partial charge >= 0.3 is 5.97 Å². The Kier molecular flexibility index (Phi) is 12.0. The maximum absolute atomic E-state index is 9.24. The van der Waals surface area contributed by atoms with E-state index in [1.54, 1.807) is 0 Å². The van der Waals surface area contributed by atoms with Crippen molar-refractivity contribution in [3.8, 4) is 0 Å². The predicted octanol–water partition coefficient (Wildman–Crippen LogP) is 1.32. The van der Waals surface area contributed by atoms with Crippen LogP contribution in [-0.4, -0.2) is 22.7 Å². The second-order valence-electron chi connectivity index (χ2n) is 2.74. The number of carbonyl (C=O) groups is 1. The molecule has 0 aromatic heterocycles. The van der Waals surface area contributed by atoms with Gasteiger partial charge in [-0.25, -0.2) is 0 Å². The van der Waals surface area contributed by atoms with Gasteiger partial charge in [0.2, 0.25) is 0 Å². The zero-order valence-corrected chi connectivity index (χ0v) is 9.52. The second-order valence-corrected chi connectivity index (χ2v) is 2.74. The lowest BCUT2D eigenvalue weighted by atomic mass is 10.2. The number of benzene rings is 1. The monoisotopic (exact) mass is 225 g/mol. The lowest BCUT2D eigenvalue weighted by molar-refractivity contribution is -0.135. The highest BCUT2D eigenvalue weighted by atomic mass is 16.4. The molecule has 0 saturated carbocycles. The number of carboxylic acids is 1. The zero-order chi connectivity index (χ0) is 13.0. The van der Waals surface area contributed by atoms with Crippen molar-refractivity contribution in [3.05, 3.63) is 48.6 Å². The predicted molar refractivity (Wildman–Crippen MR) is 65.0 cm³/mol. The standard InChI is InChI=1S/C8H10O.C2H5NO2.C2H4/c1-7-2-4-8(6-9)5-3-7;3-1-2(4)5;1-2/h2-5,9H,6H2,1H3;1,3H2,(H,4,5);1-2H2. The average molecular weight is 225 g/mol. The molecule has 0 aliphatic heterocycles. The van der Waals surface area contributed by atoms with Crippen LogP contribution in [0.25, 0.3) is 0 Å². The number of carboxylic acid groups (broad SMARTS) is 1. The number of nitrogens with two attached hydrogens (primary N) is 1. The third kappa shape index (κ3) is 10.4. The van der Waals surface area contributed by atoms with Gasteiger partial charge in [0.15, 0.2) is 0 Å². The Morgan fingerprint density at radius 3 is 1.94 bits per heavy atom. The summed E-state index contributed by atoms with van der Waals surface area (Å²) in [7, 11) is 0. The molecule has 0 aliphatic carbocycles. The summed E-state index contributed by atoms with van der Waals surface area (Å²) in [6.45, 7) is 7.89. The van der Waals surface area contributed by atoms with Crippen LogP contribution in [0.5, 0.6) is 0 Å². The third-order valence-corrected chi connectivity index (χ3v) is 1.48. The zero-order valence-electron chi connectivity index (χ0n) is 9.52. The molecular weight excluding hydrogens is 206 g/mol. The van der Waals surface area contributed by atoms with Gasteiger partial charge in [0.1, 0.15) is 0 Å². The Morgan fingerprint density at radius 2 is 1.69 bits per heavy atom. The number of aliphatic hydroxyl groups is 1. The number of aliphatic carboxylic acids is 1. The van der Waals surface area contributed by atoms with Gasteiger partial charge in [0.05, 0.1) is 13.2 Å². The third-order valence-electron chi connectivity index (χ3n) is 1.48. The summed E-state index contributed by atoms with van der Waals surface area (Å²) in [6, 6.07) is 7.84. The van der Waals surface area contributed by atoms with E-state index in [-0.39, 0.29) is 13.2 Å². The van der Waals surface area contributed by atoms with Gasteiger partial charge in [-0.3, -0.25) is 4.79 Å². The molecule has 0 amide bonds. The second kappa shape index (κ2) is 11.4. The minimum Gasteiger partial charge on any atom is -0.480 e. The normalized spacial score (nSPS) is 7.94. The van der Waals surface area contributed by atoms with E-state index < -0.39 is 5.97 Å². The highest BCUT2D eigenvalue weighted by molar-refractivity contribution is 5.68. The molecule has 4 heteroatoms. The van der Waals surface area contributed by atoms with Crippen molar-refractivity contribution < 1.29 is 15.0 Å². The summed E-state index contributed by atoms with van der Waals surface area (Å²) < 4.78 is 0. The van der Waals surface area contributed by atoms with E-state index >= 15 is 0 Å². The van der Waals surface area contributed by atoms with Gasteiger partial charge in [-0.1, -0.05) is 29.8 Å². The Bertz CT molecular complexity index is 283. The molecule has 0 fully saturated rings. The Morgan fingerprint density at radius 1 is 1.31 bits per heavy atom. The van der Waals surface area contributed by atoms with E-state index in [9.17, 15) is 4.79 Å². The summed E-state index contributed by atoms with van der Waals surface area (Å²) in [6.07, 6.45) is 0. The van der Waals surface area contributed by atoms with E-state index in [4.69, 9.17) is 10.2 Å². The summed E-state index contributed by atoms with van der Waals surface area (Å²) in [4.78, 5) is 9.24. The lowest BCUT2D eigenvalue weighted by Crippen LogP contribution is -2.10. The molecule has 0 spiro atoms. The van der Waals surface area contributed by atoms with Crippen molar-refractivity contribution in [3.63, 3.8) is 0 Å². The first-order valence-electron chi connectivity index (χ1n) is 4.68. The fraction of sp³-hybridized carbons (Fsp3) is 0.250. The molecule has 90 valence electrons. The van der Waals surface area contributed by atoms with E-state index in [2.05, 4.69) is 18.9 Å². The summed E-state index contributed by atoms with van der Waals surface area (Å²) in [5.41, 5.74) is 6.77. The van der Waals surface area contributed by atoms with Crippen molar-refractivity contribution in [2.75, 3.05) is 6.54 Å². The quantitative estimate of drug-likeness (QED) is 0.663. The Labute approximate surface area is 96.0 Å². The molecule has 0 heterocycles. The van der Waals surface area contributed by atoms with Crippen LogP contribution in [0.2, 0.25) is 0 Å². The first-order valence-corrected chi connectivity index (χ1v) is 4.68. The van der Waals surface area contributed by atoms with Crippen LogP contribution in [0.1, 0.15) is 11.1 Å². The number of aliphatic hydroxyl groups excluding tert-OH is 1. The summed E-state index contributed by atoms with van der Waals surface area (Å²) in [5.74, 6) is -0.968. The van der Waals surface area contributed by atoms with Crippen LogP contribution in [-0.2, 0) is 11.4 Å². The van der Waals surface area contributed by atoms with Gasteiger partial charge in [-0.2, -0.15) is 0 Å². The van der Waals surface area contributed by atoms with Crippen LogP contribution in [0.3, 0.4) is 0 Å². The van der Waals surface area contributed by atoms with Gasteiger partial charge in [-0.15, -0.1) is 13.2 Å². The highest BCUT2D eigenvalue weighted by Crippen LogP contribution is 2.01. The molecule has 0 atom stereocenters. The molecule has 4 nitrogen and oxygen atoms in total. The fourth-order valence-corrected chi connectivity index (χ4v) is 0.693. The van der Waals surface area contributed by atoms with E-state index in [1.807, 2.05) is 31.2 Å². The van der Waals surface area contributed by atoms with Crippen molar-refractivity contribution in [2.24, 2.45) is 5.73 Å². The van der Waals surface area contributed by atoms with E-state index in [0.717, 1.165) is 5.56 Å².